The quantitative estimate of drug-likeness (QED) is 0.0264. The van der Waals surface area contributed by atoms with Gasteiger partial charge in [0.05, 0.1) is 13.2 Å². The van der Waals surface area contributed by atoms with Crippen LogP contribution in [0, 0.1) is 0 Å². The maximum Gasteiger partial charge on any atom is 0.472 e. The van der Waals surface area contributed by atoms with Crippen LogP contribution in [-0.4, -0.2) is 49.3 Å². The van der Waals surface area contributed by atoms with Crippen molar-refractivity contribution in [1.29, 1.82) is 0 Å². The number of hydrogen-bond acceptors (Lipinski definition) is 8. The monoisotopic (exact) mass is 1030 g/mol. The maximum atomic E-state index is 12.7. The van der Waals surface area contributed by atoms with Crippen LogP contribution in [0.1, 0.15) is 206 Å². The summed E-state index contributed by atoms with van der Waals surface area (Å²) in [4.78, 5) is 35.1. The Balaban J connectivity index is 4.11. The van der Waals surface area contributed by atoms with E-state index in [1.54, 1.807) is 0 Å². The Bertz CT molecular complexity index is 1700. The molecule has 2 atom stereocenters. The molecule has 0 saturated carbocycles. The molecule has 73 heavy (non-hydrogen) atoms. The van der Waals surface area contributed by atoms with Crippen LogP contribution in [0.25, 0.3) is 0 Å². The molecule has 0 aromatic heterocycles. The van der Waals surface area contributed by atoms with E-state index in [2.05, 4.69) is 160 Å². The van der Waals surface area contributed by atoms with Crippen LogP contribution < -0.4 is 5.73 Å². The maximum absolute atomic E-state index is 12.7. The first-order valence-electron chi connectivity index (χ1n) is 28.3. The van der Waals surface area contributed by atoms with Gasteiger partial charge < -0.3 is 20.1 Å². The van der Waals surface area contributed by atoms with Gasteiger partial charge in [0.15, 0.2) is 6.10 Å². The average Bonchev–Trinajstić information content (AvgIpc) is 3.38. The zero-order valence-corrected chi connectivity index (χ0v) is 46.7. The molecule has 0 aliphatic rings. The molecular weight excluding hydrogens is 930 g/mol. The number of phosphoric acid groups is 1. The van der Waals surface area contributed by atoms with Gasteiger partial charge in [-0.05, 0) is 122 Å². The fraction of sp³-hybridized carbons (Fsp3) is 0.587. The van der Waals surface area contributed by atoms with Crippen molar-refractivity contribution in [2.75, 3.05) is 26.4 Å². The van der Waals surface area contributed by atoms with Crippen molar-refractivity contribution in [3.63, 3.8) is 0 Å². The second kappa shape index (κ2) is 57.2. The number of nitrogens with two attached hydrogens (primary N) is 1. The molecule has 0 saturated heterocycles. The number of rotatable bonds is 51. The van der Waals surface area contributed by atoms with E-state index in [0.29, 0.717) is 12.8 Å². The Morgan fingerprint density at radius 2 is 0.753 bits per heavy atom. The molecule has 412 valence electrons. The number of unbranched alkanes of at least 4 members (excludes halogenated alkanes) is 14. The molecule has 0 aliphatic carbocycles. The van der Waals surface area contributed by atoms with Crippen LogP contribution in [0.5, 0.6) is 0 Å². The van der Waals surface area contributed by atoms with Crippen LogP contribution in [0.4, 0.5) is 0 Å². The van der Waals surface area contributed by atoms with Crippen molar-refractivity contribution < 1.29 is 37.6 Å². The Labute approximate surface area is 446 Å². The summed E-state index contributed by atoms with van der Waals surface area (Å²) in [5.74, 6) is -0.878. The first-order valence-corrected chi connectivity index (χ1v) is 29.8. The van der Waals surface area contributed by atoms with Gasteiger partial charge in [0.25, 0.3) is 0 Å². The molecule has 0 aromatic rings. The second-order valence-corrected chi connectivity index (χ2v) is 19.5. The van der Waals surface area contributed by atoms with E-state index in [9.17, 15) is 19.0 Å². The lowest BCUT2D eigenvalue weighted by atomic mass is 10.1. The van der Waals surface area contributed by atoms with Crippen LogP contribution in [0.3, 0.4) is 0 Å². The molecule has 0 heterocycles. The third-order valence-electron chi connectivity index (χ3n) is 11.2. The number of allylic oxidation sites excluding steroid dienone is 24. The number of esters is 2. The average molecular weight is 1030 g/mol. The number of ether oxygens (including phenoxy) is 2. The minimum absolute atomic E-state index is 0.0397. The van der Waals surface area contributed by atoms with Crippen LogP contribution in [0.2, 0.25) is 0 Å². The zero-order chi connectivity index (χ0) is 53.1. The van der Waals surface area contributed by atoms with E-state index in [0.717, 1.165) is 122 Å². The molecule has 0 radical (unpaired) electrons. The second-order valence-electron chi connectivity index (χ2n) is 18.1. The Morgan fingerprint density at radius 1 is 0.425 bits per heavy atom. The van der Waals surface area contributed by atoms with E-state index < -0.39 is 32.5 Å². The molecule has 0 aliphatic heterocycles. The van der Waals surface area contributed by atoms with Gasteiger partial charge >= 0.3 is 19.8 Å². The molecule has 0 rings (SSSR count). The van der Waals surface area contributed by atoms with Crippen molar-refractivity contribution in [3.05, 3.63) is 146 Å². The molecule has 10 heteroatoms. The highest BCUT2D eigenvalue weighted by Gasteiger charge is 2.26. The standard InChI is InChI=1S/C63H102NO8P/c1-3-5-7-9-11-13-15-17-19-21-22-23-24-25-26-27-28-29-30-31-32-33-34-35-36-37-38-40-42-44-46-48-50-52-54-56-63(66)72-61(60-71-73(67,68)70-58-57-64)59-69-62(65)55-53-51-49-47-45-43-41-39-20-18-16-14-12-10-8-6-4-2/h5,7,11-14,17-20,22-23,25-26,28-29,31-32,34-35,37-38,42,44,61H,3-4,6,8-10,15-16,21,24,27,30,33,36,39-41,43,45-60,64H2,1-2H3,(H,67,68)/b7-5-,13-11-,14-12-,19-17-,20-18-,23-22-,26-25-,29-28-,32-31-,35-34-,38-37-,44-42-. The minimum atomic E-state index is -4.41. The number of hydrogen-bond donors (Lipinski definition) is 2. The number of carbonyl (C=O) groups excluding carboxylic acids is 2. The van der Waals surface area contributed by atoms with Gasteiger partial charge in [0.2, 0.25) is 0 Å². The van der Waals surface area contributed by atoms with Gasteiger partial charge in [0.1, 0.15) is 6.61 Å². The third kappa shape index (κ3) is 57.0. The highest BCUT2D eigenvalue weighted by Crippen LogP contribution is 2.43. The molecule has 0 amide bonds. The predicted molar refractivity (Wildman–Crippen MR) is 311 cm³/mol. The minimum Gasteiger partial charge on any atom is -0.462 e. The zero-order valence-electron chi connectivity index (χ0n) is 45.8. The van der Waals surface area contributed by atoms with Gasteiger partial charge in [-0.3, -0.25) is 18.6 Å². The van der Waals surface area contributed by atoms with Gasteiger partial charge in [-0.1, -0.05) is 217 Å². The molecule has 2 unspecified atom stereocenters. The highest BCUT2D eigenvalue weighted by atomic mass is 31.2. The summed E-state index contributed by atoms with van der Waals surface area (Å²) in [6.07, 6.45) is 81.8. The lowest BCUT2D eigenvalue weighted by Crippen LogP contribution is -2.29. The lowest BCUT2D eigenvalue weighted by Gasteiger charge is -2.19. The Hall–Kier alpha value is -4.11. The van der Waals surface area contributed by atoms with E-state index in [1.807, 2.05) is 0 Å². The summed E-state index contributed by atoms with van der Waals surface area (Å²) in [6.45, 7) is 3.54. The first-order chi connectivity index (χ1) is 35.8. The van der Waals surface area contributed by atoms with Crippen LogP contribution in [0.15, 0.2) is 146 Å². The van der Waals surface area contributed by atoms with Gasteiger partial charge in [-0.2, -0.15) is 0 Å². The van der Waals surface area contributed by atoms with E-state index in [4.69, 9.17) is 24.3 Å². The molecule has 0 spiro atoms. The third-order valence-corrected chi connectivity index (χ3v) is 12.2. The Morgan fingerprint density at radius 3 is 1.12 bits per heavy atom. The largest absolute Gasteiger partial charge is 0.472 e. The molecule has 0 aromatic carbocycles. The first kappa shape index (κ1) is 68.9. The topological polar surface area (TPSA) is 134 Å². The number of carbonyl (C=O) groups is 2. The normalized spacial score (nSPS) is 14.2. The van der Waals surface area contributed by atoms with Crippen LogP contribution in [-0.2, 0) is 32.7 Å². The number of phosphoric ester groups is 1. The van der Waals surface area contributed by atoms with E-state index >= 15 is 0 Å². The van der Waals surface area contributed by atoms with E-state index in [1.165, 1.54) is 44.9 Å². The summed E-state index contributed by atoms with van der Waals surface area (Å²) in [7, 11) is -4.41. The lowest BCUT2D eigenvalue weighted by molar-refractivity contribution is -0.161. The molecule has 9 nitrogen and oxygen atoms in total. The van der Waals surface area contributed by atoms with Crippen molar-refractivity contribution in [2.45, 2.75) is 213 Å². The summed E-state index contributed by atoms with van der Waals surface area (Å²) in [5.41, 5.74) is 5.37. The molecule has 0 fully saturated rings. The highest BCUT2D eigenvalue weighted by molar-refractivity contribution is 7.47. The van der Waals surface area contributed by atoms with Crippen LogP contribution >= 0.6 is 7.82 Å². The molecule has 3 N–H and O–H groups in total. The fourth-order valence-electron chi connectivity index (χ4n) is 7.04. The van der Waals surface area contributed by atoms with Crippen molar-refractivity contribution >= 4 is 19.8 Å². The molecular formula is C63H102NO8P. The van der Waals surface area contributed by atoms with Gasteiger partial charge in [-0.15, -0.1) is 0 Å². The summed E-state index contributed by atoms with van der Waals surface area (Å²) in [6, 6.07) is 0. The van der Waals surface area contributed by atoms with Crippen molar-refractivity contribution in [1.82, 2.24) is 0 Å². The van der Waals surface area contributed by atoms with Gasteiger partial charge in [0, 0.05) is 19.4 Å². The summed E-state index contributed by atoms with van der Waals surface area (Å²) >= 11 is 0. The Kier molecular flexibility index (Phi) is 54.0. The van der Waals surface area contributed by atoms with Gasteiger partial charge in [-0.25, -0.2) is 4.57 Å². The van der Waals surface area contributed by atoms with E-state index in [-0.39, 0.29) is 32.6 Å². The predicted octanol–water partition coefficient (Wildman–Crippen LogP) is 18.0. The summed E-state index contributed by atoms with van der Waals surface area (Å²) < 4.78 is 32.9. The smallest absolute Gasteiger partial charge is 0.462 e. The molecule has 0 bridgehead atoms. The fourth-order valence-corrected chi connectivity index (χ4v) is 7.81. The van der Waals surface area contributed by atoms with Crippen molar-refractivity contribution in [3.8, 4) is 0 Å². The summed E-state index contributed by atoms with van der Waals surface area (Å²) in [5, 5.41) is 0. The van der Waals surface area contributed by atoms with Crippen molar-refractivity contribution in [2.24, 2.45) is 5.73 Å². The SMILES string of the molecule is CC/C=C\C/C=C\C/C=C\C/C=C\C/C=C\C/C=C\C/C=C\C/C=C\C/C=C\C/C=C\CCCCCCC(=O)OC(COC(=O)CCCCCCCCC/C=C\C/C=C\CCCCC)COP(=O)(O)OCCN.